The molecular formula is C11H19N3O5. The molecule has 0 radical (unpaired) electrons. The molecule has 0 unspecified atom stereocenters. The molecule has 3 N–H and O–H groups in total. The van der Waals surface area contributed by atoms with E-state index in [0.29, 0.717) is 32.5 Å². The first-order chi connectivity index (χ1) is 9.06. The Kier molecular flexibility index (Phi) is 6.07. The van der Waals surface area contributed by atoms with Gasteiger partial charge >= 0.3 is 12.0 Å². The second-order valence-electron chi connectivity index (χ2n) is 4.19. The zero-order chi connectivity index (χ0) is 14.3. The maximum atomic E-state index is 11.7. The highest BCUT2D eigenvalue weighted by Crippen LogP contribution is 2.16. The lowest BCUT2D eigenvalue weighted by Crippen LogP contribution is -2.48. The summed E-state index contributed by atoms with van der Waals surface area (Å²) in [5.41, 5.74) is 0. The molecule has 0 bridgehead atoms. The quantitative estimate of drug-likeness (QED) is 0.538. The summed E-state index contributed by atoms with van der Waals surface area (Å²) in [7, 11) is 1.52. The van der Waals surface area contributed by atoms with Crippen molar-refractivity contribution in [3.63, 3.8) is 0 Å². The number of amides is 3. The van der Waals surface area contributed by atoms with Gasteiger partial charge in [-0.2, -0.15) is 0 Å². The number of methoxy groups -OCH3 is 1. The summed E-state index contributed by atoms with van der Waals surface area (Å²) in [4.78, 5) is 35.2. The number of likely N-dealkylation sites (tertiary alicyclic amines) is 1. The van der Waals surface area contributed by atoms with Gasteiger partial charge in [0.25, 0.3) is 0 Å². The predicted octanol–water partition coefficient (Wildman–Crippen LogP) is -0.992. The molecule has 1 rings (SSSR count). The molecule has 1 aliphatic heterocycles. The number of carboxylic acids is 1. The van der Waals surface area contributed by atoms with Gasteiger partial charge in [0.15, 0.2) is 0 Å². The maximum Gasteiger partial charge on any atom is 0.326 e. The Labute approximate surface area is 111 Å². The number of nitrogens with zero attached hydrogens (tertiary/aromatic N) is 1. The molecule has 1 fully saturated rings. The maximum absolute atomic E-state index is 11.7. The standard InChI is InChI=1S/C11H19N3O5/c1-19-6-4-12-9(15)7-13-11(18)14-5-2-3-8(14)10(16)17/h8H,2-7H2,1H3,(H,12,15)(H,13,18)(H,16,17)/t8-/m1/s1. The summed E-state index contributed by atoms with van der Waals surface area (Å²) in [6, 6.07) is -1.32. The van der Waals surface area contributed by atoms with E-state index in [1.54, 1.807) is 0 Å². The Balaban J connectivity index is 2.30. The second kappa shape index (κ2) is 7.57. The van der Waals surface area contributed by atoms with Crippen LogP contribution >= 0.6 is 0 Å². The second-order valence-corrected chi connectivity index (χ2v) is 4.19. The highest BCUT2D eigenvalue weighted by atomic mass is 16.5. The molecule has 0 aromatic rings. The summed E-state index contributed by atoms with van der Waals surface area (Å²) in [5.74, 6) is -1.35. The van der Waals surface area contributed by atoms with Crippen molar-refractivity contribution in [2.24, 2.45) is 0 Å². The monoisotopic (exact) mass is 273 g/mol. The minimum Gasteiger partial charge on any atom is -0.480 e. The topological polar surface area (TPSA) is 108 Å². The van der Waals surface area contributed by atoms with E-state index in [9.17, 15) is 14.4 Å². The largest absolute Gasteiger partial charge is 0.480 e. The number of aliphatic carboxylic acids is 1. The van der Waals surface area contributed by atoms with Gasteiger partial charge in [-0.3, -0.25) is 4.79 Å². The smallest absolute Gasteiger partial charge is 0.326 e. The first-order valence-corrected chi connectivity index (χ1v) is 6.09. The van der Waals surface area contributed by atoms with E-state index in [1.165, 1.54) is 12.0 Å². The Morgan fingerprint density at radius 3 is 2.74 bits per heavy atom. The van der Waals surface area contributed by atoms with Crippen LogP contribution in [0.5, 0.6) is 0 Å². The molecule has 0 saturated carbocycles. The van der Waals surface area contributed by atoms with Crippen molar-refractivity contribution >= 4 is 17.9 Å². The lowest BCUT2D eigenvalue weighted by Gasteiger charge is -2.21. The summed E-state index contributed by atoms with van der Waals surface area (Å²) in [5, 5.41) is 13.9. The number of nitrogens with one attached hydrogen (secondary N) is 2. The molecule has 1 saturated heterocycles. The number of carboxylic acid groups (broad SMARTS) is 1. The third-order valence-corrected chi connectivity index (χ3v) is 2.83. The van der Waals surface area contributed by atoms with Crippen molar-refractivity contribution in [2.75, 3.05) is 33.4 Å². The Morgan fingerprint density at radius 2 is 2.11 bits per heavy atom. The van der Waals surface area contributed by atoms with E-state index in [2.05, 4.69) is 10.6 Å². The van der Waals surface area contributed by atoms with E-state index in [4.69, 9.17) is 9.84 Å². The molecule has 1 atom stereocenters. The van der Waals surface area contributed by atoms with Crippen molar-refractivity contribution in [1.82, 2.24) is 15.5 Å². The number of urea groups is 1. The Hall–Kier alpha value is -1.83. The Bertz CT molecular complexity index is 347. The van der Waals surface area contributed by atoms with Crippen molar-refractivity contribution in [3.05, 3.63) is 0 Å². The molecule has 8 heteroatoms. The molecule has 0 aliphatic carbocycles. The van der Waals surface area contributed by atoms with Gasteiger partial charge in [-0.25, -0.2) is 9.59 Å². The molecule has 3 amide bonds. The molecule has 1 aliphatic rings. The minimum atomic E-state index is -1.02. The van der Waals surface area contributed by atoms with Crippen molar-refractivity contribution in [2.45, 2.75) is 18.9 Å². The summed E-state index contributed by atoms with van der Waals surface area (Å²) in [6.07, 6.45) is 1.10. The van der Waals surface area contributed by atoms with Gasteiger partial charge in [-0.05, 0) is 12.8 Å². The van der Waals surface area contributed by atoms with Gasteiger partial charge in [-0.15, -0.1) is 0 Å². The van der Waals surface area contributed by atoms with E-state index in [1.807, 2.05) is 0 Å². The van der Waals surface area contributed by atoms with Crippen molar-refractivity contribution < 1.29 is 24.2 Å². The molecular weight excluding hydrogens is 254 g/mol. The number of ether oxygens (including phenoxy) is 1. The van der Waals surface area contributed by atoms with Crippen LogP contribution in [0, 0.1) is 0 Å². The van der Waals surface area contributed by atoms with Crippen LogP contribution in [0.4, 0.5) is 4.79 Å². The molecule has 0 aromatic heterocycles. The van der Waals surface area contributed by atoms with E-state index in [0.717, 1.165) is 0 Å². The SMILES string of the molecule is COCCNC(=O)CNC(=O)N1CCC[C@@H]1C(=O)O. The summed E-state index contributed by atoms with van der Waals surface area (Å²) in [6.45, 7) is 0.985. The van der Waals surface area contributed by atoms with Crippen LogP contribution in [0.15, 0.2) is 0 Å². The summed E-state index contributed by atoms with van der Waals surface area (Å²) < 4.78 is 4.76. The van der Waals surface area contributed by atoms with Gasteiger partial charge in [0.1, 0.15) is 6.04 Å². The van der Waals surface area contributed by atoms with Gasteiger partial charge in [0.2, 0.25) is 5.91 Å². The number of hydrogen-bond donors (Lipinski definition) is 3. The highest BCUT2D eigenvalue weighted by molar-refractivity contribution is 5.87. The van der Waals surface area contributed by atoms with Crippen LogP contribution in [0.1, 0.15) is 12.8 Å². The molecule has 8 nitrogen and oxygen atoms in total. The number of carbonyl (C=O) groups excluding carboxylic acids is 2. The van der Waals surface area contributed by atoms with Gasteiger partial charge in [0.05, 0.1) is 13.2 Å². The molecule has 0 spiro atoms. The third-order valence-electron chi connectivity index (χ3n) is 2.83. The average molecular weight is 273 g/mol. The minimum absolute atomic E-state index is 0.175. The van der Waals surface area contributed by atoms with Crippen LogP contribution in [0.3, 0.4) is 0 Å². The van der Waals surface area contributed by atoms with Gasteiger partial charge in [-0.1, -0.05) is 0 Å². The van der Waals surface area contributed by atoms with Crippen LogP contribution in [0.25, 0.3) is 0 Å². The van der Waals surface area contributed by atoms with E-state index in [-0.39, 0.29) is 12.5 Å². The summed E-state index contributed by atoms with van der Waals surface area (Å²) >= 11 is 0. The van der Waals surface area contributed by atoms with Crippen LogP contribution in [-0.2, 0) is 14.3 Å². The molecule has 108 valence electrons. The van der Waals surface area contributed by atoms with Crippen LogP contribution in [-0.4, -0.2) is 67.3 Å². The zero-order valence-corrected chi connectivity index (χ0v) is 10.8. The molecule has 1 heterocycles. The average Bonchev–Trinajstić information content (AvgIpc) is 2.85. The first-order valence-electron chi connectivity index (χ1n) is 6.09. The van der Waals surface area contributed by atoms with Crippen molar-refractivity contribution in [3.8, 4) is 0 Å². The highest BCUT2D eigenvalue weighted by Gasteiger charge is 2.33. The number of hydrogen-bond acceptors (Lipinski definition) is 4. The first kappa shape index (κ1) is 15.2. The van der Waals surface area contributed by atoms with Crippen LogP contribution < -0.4 is 10.6 Å². The van der Waals surface area contributed by atoms with Gasteiger partial charge in [0, 0.05) is 20.2 Å². The predicted molar refractivity (Wildman–Crippen MR) is 65.6 cm³/mol. The Morgan fingerprint density at radius 1 is 1.37 bits per heavy atom. The lowest BCUT2D eigenvalue weighted by molar-refractivity contribution is -0.141. The molecule has 19 heavy (non-hydrogen) atoms. The lowest BCUT2D eigenvalue weighted by atomic mass is 10.2. The van der Waals surface area contributed by atoms with E-state index >= 15 is 0 Å². The van der Waals surface area contributed by atoms with Crippen LogP contribution in [0.2, 0.25) is 0 Å². The van der Waals surface area contributed by atoms with E-state index < -0.39 is 18.0 Å². The number of rotatable bonds is 6. The fourth-order valence-electron chi connectivity index (χ4n) is 1.88. The normalized spacial score (nSPS) is 18.2. The molecule has 0 aromatic carbocycles. The van der Waals surface area contributed by atoms with Crippen molar-refractivity contribution in [1.29, 1.82) is 0 Å². The fraction of sp³-hybridized carbons (Fsp3) is 0.727. The fourth-order valence-corrected chi connectivity index (χ4v) is 1.88. The number of carbonyl (C=O) groups is 3. The zero-order valence-electron chi connectivity index (χ0n) is 10.8. The van der Waals surface area contributed by atoms with Gasteiger partial charge < -0.3 is 25.4 Å². The third kappa shape index (κ3) is 4.74.